The molecular formula is C19H23N5O4S. The van der Waals surface area contributed by atoms with Crippen LogP contribution < -0.4 is 19.9 Å². The molecule has 3 aliphatic rings. The third-order valence-corrected chi connectivity index (χ3v) is 7.01. The number of nitrogens with zero attached hydrogens (tertiary/aromatic N) is 3. The molecule has 1 aromatic heterocycles. The molecule has 3 heterocycles. The van der Waals surface area contributed by atoms with E-state index in [9.17, 15) is 9.00 Å². The van der Waals surface area contributed by atoms with Gasteiger partial charge >= 0.3 is 6.03 Å². The average molecular weight is 417 g/mol. The summed E-state index contributed by atoms with van der Waals surface area (Å²) in [5.41, 5.74) is 4.00. The Bertz CT molecular complexity index is 1130. The summed E-state index contributed by atoms with van der Waals surface area (Å²) in [5, 5.41) is 13.0. The Morgan fingerprint density at radius 3 is 3.10 bits per heavy atom. The summed E-state index contributed by atoms with van der Waals surface area (Å²) in [6.45, 7) is 3.77. The maximum Gasteiger partial charge on any atom is 0.354 e. The van der Waals surface area contributed by atoms with Crippen LogP contribution in [0.3, 0.4) is 0 Å². The van der Waals surface area contributed by atoms with Gasteiger partial charge in [-0.25, -0.2) is 18.8 Å². The monoisotopic (exact) mass is 417 g/mol. The summed E-state index contributed by atoms with van der Waals surface area (Å²) in [5.74, 6) is 1.29. The fourth-order valence-electron chi connectivity index (χ4n) is 4.33. The van der Waals surface area contributed by atoms with Crippen LogP contribution in [-0.2, 0) is 29.3 Å². The van der Waals surface area contributed by atoms with Gasteiger partial charge in [-0.05, 0) is 36.5 Å². The van der Waals surface area contributed by atoms with E-state index in [1.54, 1.807) is 4.68 Å². The van der Waals surface area contributed by atoms with Crippen LogP contribution in [0.15, 0.2) is 21.5 Å². The first-order chi connectivity index (χ1) is 13.9. The molecule has 1 aromatic carbocycles. The zero-order valence-corrected chi connectivity index (χ0v) is 17.0. The average Bonchev–Trinajstić information content (AvgIpc) is 3.39. The van der Waals surface area contributed by atoms with Crippen LogP contribution in [0.25, 0.3) is 0 Å². The number of carbonyl (C=O) groups excluding carboxylic acids is 1. The highest BCUT2D eigenvalue weighted by Crippen LogP contribution is 2.45. The van der Waals surface area contributed by atoms with Crippen LogP contribution in [0.5, 0.6) is 11.6 Å². The van der Waals surface area contributed by atoms with Crippen molar-refractivity contribution in [3.05, 3.63) is 29.0 Å². The molecule has 2 atom stereocenters. The van der Waals surface area contributed by atoms with E-state index in [0.29, 0.717) is 25.6 Å². The quantitative estimate of drug-likeness (QED) is 0.778. The van der Waals surface area contributed by atoms with Crippen molar-refractivity contribution in [1.29, 1.82) is 0 Å². The van der Waals surface area contributed by atoms with E-state index in [1.165, 1.54) is 11.8 Å². The van der Waals surface area contributed by atoms with Crippen LogP contribution in [0.2, 0.25) is 0 Å². The maximum absolute atomic E-state index is 13.0. The Hall–Kier alpha value is -2.59. The van der Waals surface area contributed by atoms with Gasteiger partial charge in [0.05, 0.1) is 25.1 Å². The second-order valence-electron chi connectivity index (χ2n) is 7.70. The smallest absolute Gasteiger partial charge is 0.354 e. The van der Waals surface area contributed by atoms with Gasteiger partial charge in [-0.1, -0.05) is 6.92 Å². The van der Waals surface area contributed by atoms with E-state index in [1.807, 2.05) is 0 Å². The normalized spacial score (nSPS) is 21.2. The molecule has 0 spiro atoms. The molecule has 5 rings (SSSR count). The number of amides is 2. The molecule has 0 bridgehead atoms. The van der Waals surface area contributed by atoms with Crippen LogP contribution in [0.4, 0.5) is 10.5 Å². The molecule has 1 unspecified atom stereocenters. The van der Waals surface area contributed by atoms with E-state index in [2.05, 4.69) is 27.8 Å². The summed E-state index contributed by atoms with van der Waals surface area (Å²) in [4.78, 5) is 12.9. The Balaban J connectivity index is 1.50. The summed E-state index contributed by atoms with van der Waals surface area (Å²) in [6, 6.07) is 1.34. The zero-order valence-electron chi connectivity index (χ0n) is 16.1. The first-order valence-corrected chi connectivity index (χ1v) is 11.4. The lowest BCUT2D eigenvalue weighted by atomic mass is 9.95. The van der Waals surface area contributed by atoms with Gasteiger partial charge in [-0.15, -0.1) is 4.36 Å². The topological polar surface area (TPSA) is 121 Å². The predicted octanol–water partition coefficient (Wildman–Crippen LogP) is 2.58. The first kappa shape index (κ1) is 18.4. The number of aromatic nitrogens is 2. The fraction of sp³-hybridized carbons (Fsp3) is 0.474. The second-order valence-corrected chi connectivity index (χ2v) is 9.46. The largest absolute Gasteiger partial charge is 0.493 e. The van der Waals surface area contributed by atoms with E-state index in [0.717, 1.165) is 48.2 Å². The lowest BCUT2D eigenvalue weighted by molar-refractivity contribution is 0.224. The molecule has 0 saturated carbocycles. The van der Waals surface area contributed by atoms with Crippen molar-refractivity contribution in [1.82, 2.24) is 9.78 Å². The van der Waals surface area contributed by atoms with Crippen molar-refractivity contribution in [3.63, 3.8) is 0 Å². The van der Waals surface area contributed by atoms with Gasteiger partial charge in [-0.2, -0.15) is 5.10 Å². The highest BCUT2D eigenvalue weighted by molar-refractivity contribution is 7.91. The number of nitrogens with one attached hydrogen (secondary N) is 1. The highest BCUT2D eigenvalue weighted by atomic mass is 32.2. The van der Waals surface area contributed by atoms with Crippen molar-refractivity contribution in [2.45, 2.75) is 50.0 Å². The number of rotatable bonds is 2. The lowest BCUT2D eigenvalue weighted by Crippen LogP contribution is -2.21. The van der Waals surface area contributed by atoms with Gasteiger partial charge < -0.3 is 14.8 Å². The number of hydrogen-bond acceptors (Lipinski definition) is 5. The number of ether oxygens (including phenoxy) is 2. The molecule has 9 nitrogen and oxygen atoms in total. The Labute approximate surface area is 168 Å². The zero-order chi connectivity index (χ0) is 20.2. The molecule has 0 fully saturated rings. The number of anilines is 1. The van der Waals surface area contributed by atoms with Gasteiger partial charge in [0.2, 0.25) is 5.88 Å². The maximum atomic E-state index is 13.0. The molecule has 2 aliphatic heterocycles. The molecule has 10 heteroatoms. The standard InChI is InChI=1S/C19H23N5O4S/c1-11-10-28-14-8-12-4-2-5-13(12)17(16(11)14)22-19(25)23-29(20,26)15-9-21-24-6-3-7-27-18(15)24/h8-9,11H,2-7,10H2,1H3,(H3,20,22,23,25,26)/t11-,29?/m1/s1. The molecule has 2 amide bonds. The Morgan fingerprint density at radius 1 is 1.38 bits per heavy atom. The number of aryl methyl sites for hydroxylation is 2. The molecule has 154 valence electrons. The number of hydrogen-bond donors (Lipinski definition) is 2. The van der Waals surface area contributed by atoms with Crippen molar-refractivity contribution < 1.29 is 18.5 Å². The predicted molar refractivity (Wildman–Crippen MR) is 107 cm³/mol. The minimum Gasteiger partial charge on any atom is -0.493 e. The van der Waals surface area contributed by atoms with Gasteiger partial charge in [-0.3, -0.25) is 0 Å². The van der Waals surface area contributed by atoms with Crippen molar-refractivity contribution in [2.24, 2.45) is 9.50 Å². The van der Waals surface area contributed by atoms with E-state index < -0.39 is 15.9 Å². The molecular weight excluding hydrogens is 394 g/mol. The molecule has 29 heavy (non-hydrogen) atoms. The molecule has 1 aliphatic carbocycles. The van der Waals surface area contributed by atoms with E-state index in [-0.39, 0.29) is 10.8 Å². The van der Waals surface area contributed by atoms with E-state index >= 15 is 0 Å². The SMILES string of the molecule is C[C@@H]1COc2cc3c(c(NC(=O)N=S(N)(=O)c4cnn5c4OCCC5)c21)CCC3. The van der Waals surface area contributed by atoms with Crippen LogP contribution in [0, 0.1) is 0 Å². The summed E-state index contributed by atoms with van der Waals surface area (Å²) < 4.78 is 29.8. The van der Waals surface area contributed by atoms with Gasteiger partial charge in [0.1, 0.15) is 10.6 Å². The summed E-state index contributed by atoms with van der Waals surface area (Å²) >= 11 is 0. The van der Waals surface area contributed by atoms with Crippen LogP contribution in [-0.4, -0.2) is 33.2 Å². The van der Waals surface area contributed by atoms with Gasteiger partial charge in [0.15, 0.2) is 9.92 Å². The second kappa shape index (κ2) is 6.74. The fourth-order valence-corrected chi connectivity index (χ4v) is 5.33. The highest BCUT2D eigenvalue weighted by Gasteiger charge is 2.31. The van der Waals surface area contributed by atoms with Crippen molar-refractivity contribution in [3.8, 4) is 11.6 Å². The number of benzene rings is 1. The number of fused-ring (bicyclic) bond motifs is 3. The minimum absolute atomic E-state index is 0.146. The van der Waals surface area contributed by atoms with Crippen LogP contribution >= 0.6 is 0 Å². The van der Waals surface area contributed by atoms with Gasteiger partial charge in [0.25, 0.3) is 0 Å². The third kappa shape index (κ3) is 3.06. The number of carbonyl (C=O) groups is 1. The summed E-state index contributed by atoms with van der Waals surface area (Å²) in [7, 11) is -3.50. The minimum atomic E-state index is -3.50. The lowest BCUT2D eigenvalue weighted by Gasteiger charge is -2.17. The van der Waals surface area contributed by atoms with Crippen molar-refractivity contribution >= 4 is 21.6 Å². The van der Waals surface area contributed by atoms with Gasteiger partial charge in [0, 0.05) is 24.4 Å². The Kier molecular flexibility index (Phi) is 4.28. The number of nitrogens with two attached hydrogens (primary N) is 1. The molecule has 3 N–H and O–H groups in total. The van der Waals surface area contributed by atoms with E-state index in [4.69, 9.17) is 14.6 Å². The third-order valence-electron chi connectivity index (χ3n) is 5.66. The number of urea groups is 1. The first-order valence-electron chi connectivity index (χ1n) is 9.80. The summed E-state index contributed by atoms with van der Waals surface area (Å²) in [6.07, 6.45) is 5.04. The Morgan fingerprint density at radius 2 is 2.24 bits per heavy atom. The molecule has 0 saturated heterocycles. The van der Waals surface area contributed by atoms with Crippen molar-refractivity contribution in [2.75, 3.05) is 18.5 Å². The molecule has 0 radical (unpaired) electrons. The van der Waals surface area contributed by atoms with Crippen LogP contribution in [0.1, 0.15) is 42.4 Å². The molecule has 2 aromatic rings.